The lowest BCUT2D eigenvalue weighted by Gasteiger charge is -2.29. The maximum absolute atomic E-state index is 12.6. The number of nitriles is 1. The highest BCUT2D eigenvalue weighted by molar-refractivity contribution is 6.01. The van der Waals surface area contributed by atoms with E-state index in [1.165, 1.54) is 9.80 Å². The molecule has 1 aliphatic rings. The van der Waals surface area contributed by atoms with Crippen LogP contribution in [0.3, 0.4) is 0 Å². The fraction of sp³-hybridized carbons (Fsp3) is 0.400. The van der Waals surface area contributed by atoms with E-state index < -0.39 is 12.0 Å². The van der Waals surface area contributed by atoms with E-state index in [-0.39, 0.29) is 12.5 Å². The van der Waals surface area contributed by atoms with E-state index in [4.69, 9.17) is 5.26 Å². The number of carbonyl (C=O) groups excluding carboxylic acids is 1. The first-order chi connectivity index (χ1) is 10.1. The molecular weight excluding hydrogens is 270 g/mol. The van der Waals surface area contributed by atoms with Gasteiger partial charge >= 0.3 is 12.0 Å². The molecule has 6 heteroatoms. The van der Waals surface area contributed by atoms with Crippen molar-refractivity contribution in [2.75, 3.05) is 18.0 Å². The number of carboxylic acids is 1. The molecule has 0 aliphatic carbocycles. The second kappa shape index (κ2) is 6.27. The van der Waals surface area contributed by atoms with Gasteiger partial charge < -0.3 is 10.0 Å². The first-order valence-electron chi connectivity index (χ1n) is 6.86. The Kier molecular flexibility index (Phi) is 4.43. The van der Waals surface area contributed by atoms with Crippen LogP contribution < -0.4 is 4.90 Å². The van der Waals surface area contributed by atoms with Crippen molar-refractivity contribution in [3.05, 3.63) is 29.8 Å². The molecule has 1 aromatic carbocycles. The molecule has 1 unspecified atom stereocenters. The van der Waals surface area contributed by atoms with Crippen LogP contribution in [0, 0.1) is 11.3 Å². The zero-order chi connectivity index (χ0) is 15.4. The Hall–Kier alpha value is -2.55. The van der Waals surface area contributed by atoms with Crippen molar-refractivity contribution in [2.45, 2.75) is 25.8 Å². The molecule has 0 fully saturated rings. The van der Waals surface area contributed by atoms with Crippen LogP contribution in [0.25, 0.3) is 0 Å². The third-order valence-electron chi connectivity index (χ3n) is 3.61. The van der Waals surface area contributed by atoms with Gasteiger partial charge in [0.1, 0.15) is 6.04 Å². The number of carbonyl (C=O) groups is 2. The zero-order valence-corrected chi connectivity index (χ0v) is 11.8. The molecule has 1 N–H and O–H groups in total. The summed E-state index contributed by atoms with van der Waals surface area (Å²) in [5, 5.41) is 18.0. The second-order valence-corrected chi connectivity index (χ2v) is 4.83. The third kappa shape index (κ3) is 2.82. The van der Waals surface area contributed by atoms with Crippen molar-refractivity contribution >= 4 is 17.7 Å². The molecule has 0 bridgehead atoms. The van der Waals surface area contributed by atoms with E-state index in [1.807, 2.05) is 25.1 Å². The lowest BCUT2D eigenvalue weighted by atomic mass is 10.1. The topological polar surface area (TPSA) is 84.6 Å². The van der Waals surface area contributed by atoms with Crippen molar-refractivity contribution in [3.8, 4) is 6.07 Å². The standard InChI is InChI=1S/C15H17N3O3/c1-2-17(9-5-8-16)15(21)18-12-7-4-3-6-11(12)10-13(18)14(19)20/h3-4,6-7,13H,2,5,9-10H2,1H3,(H,19,20). The number of aliphatic carboxylic acids is 1. The van der Waals surface area contributed by atoms with Gasteiger partial charge in [-0.3, -0.25) is 4.90 Å². The lowest BCUT2D eigenvalue weighted by Crippen LogP contribution is -2.50. The first-order valence-corrected chi connectivity index (χ1v) is 6.86. The summed E-state index contributed by atoms with van der Waals surface area (Å²) in [7, 11) is 0. The Morgan fingerprint density at radius 1 is 1.48 bits per heavy atom. The van der Waals surface area contributed by atoms with E-state index in [0.717, 1.165) is 5.56 Å². The average Bonchev–Trinajstić information content (AvgIpc) is 2.87. The number of carboxylic acid groups (broad SMARTS) is 1. The summed E-state index contributed by atoms with van der Waals surface area (Å²) in [5.74, 6) is -1.02. The van der Waals surface area contributed by atoms with Crippen LogP contribution in [-0.2, 0) is 11.2 Å². The summed E-state index contributed by atoms with van der Waals surface area (Å²) in [4.78, 5) is 26.9. The van der Waals surface area contributed by atoms with E-state index in [1.54, 1.807) is 12.1 Å². The number of para-hydroxylation sites is 1. The molecule has 0 radical (unpaired) electrons. The molecule has 0 spiro atoms. The van der Waals surface area contributed by atoms with Crippen molar-refractivity contribution in [1.82, 2.24) is 4.90 Å². The van der Waals surface area contributed by atoms with Gasteiger partial charge in [-0.15, -0.1) is 0 Å². The number of hydrogen-bond acceptors (Lipinski definition) is 3. The number of rotatable bonds is 4. The molecular formula is C15H17N3O3. The molecule has 21 heavy (non-hydrogen) atoms. The summed E-state index contributed by atoms with van der Waals surface area (Å²) >= 11 is 0. The van der Waals surface area contributed by atoms with Gasteiger partial charge in [0, 0.05) is 25.2 Å². The monoisotopic (exact) mass is 287 g/mol. The van der Waals surface area contributed by atoms with Gasteiger partial charge in [0.25, 0.3) is 0 Å². The summed E-state index contributed by atoms with van der Waals surface area (Å²) < 4.78 is 0. The van der Waals surface area contributed by atoms with Gasteiger partial charge in [0.05, 0.1) is 12.5 Å². The molecule has 6 nitrogen and oxygen atoms in total. The Labute approximate surface area is 123 Å². The van der Waals surface area contributed by atoms with Crippen LogP contribution in [0.15, 0.2) is 24.3 Å². The fourth-order valence-corrected chi connectivity index (χ4v) is 2.55. The van der Waals surface area contributed by atoms with E-state index >= 15 is 0 Å². The van der Waals surface area contributed by atoms with Crippen molar-refractivity contribution in [2.24, 2.45) is 0 Å². The summed E-state index contributed by atoms with van der Waals surface area (Å²) in [6.07, 6.45) is 0.542. The summed E-state index contributed by atoms with van der Waals surface area (Å²) in [6, 6.07) is 7.98. The minimum absolute atomic E-state index is 0.229. The predicted molar refractivity (Wildman–Crippen MR) is 76.9 cm³/mol. The van der Waals surface area contributed by atoms with Gasteiger partial charge in [0.2, 0.25) is 0 Å². The number of benzene rings is 1. The predicted octanol–water partition coefficient (Wildman–Crippen LogP) is 1.86. The molecule has 2 amide bonds. The molecule has 2 rings (SSSR count). The fourth-order valence-electron chi connectivity index (χ4n) is 2.55. The van der Waals surface area contributed by atoms with Gasteiger partial charge in [-0.25, -0.2) is 9.59 Å². The largest absolute Gasteiger partial charge is 0.480 e. The van der Waals surface area contributed by atoms with Crippen molar-refractivity contribution in [1.29, 1.82) is 5.26 Å². The van der Waals surface area contributed by atoms with E-state index in [0.29, 0.717) is 25.2 Å². The Morgan fingerprint density at radius 3 is 2.81 bits per heavy atom. The van der Waals surface area contributed by atoms with Crippen LogP contribution >= 0.6 is 0 Å². The highest BCUT2D eigenvalue weighted by Gasteiger charge is 2.39. The van der Waals surface area contributed by atoms with Gasteiger partial charge in [0.15, 0.2) is 0 Å². The maximum atomic E-state index is 12.6. The Morgan fingerprint density at radius 2 is 2.19 bits per heavy atom. The molecule has 110 valence electrons. The SMILES string of the molecule is CCN(CCC#N)C(=O)N1c2ccccc2CC1C(=O)O. The minimum atomic E-state index is -1.02. The normalized spacial score (nSPS) is 16.2. The quantitative estimate of drug-likeness (QED) is 0.916. The van der Waals surface area contributed by atoms with Gasteiger partial charge in [-0.2, -0.15) is 5.26 Å². The first kappa shape index (κ1) is 14.9. The molecule has 1 aliphatic heterocycles. The van der Waals surface area contributed by atoms with E-state index in [9.17, 15) is 14.7 Å². The van der Waals surface area contributed by atoms with Crippen LogP contribution in [0.1, 0.15) is 18.9 Å². The summed E-state index contributed by atoms with van der Waals surface area (Å²) in [6.45, 7) is 2.55. The van der Waals surface area contributed by atoms with E-state index in [2.05, 4.69) is 0 Å². The molecule has 0 aromatic heterocycles. The number of urea groups is 1. The lowest BCUT2D eigenvalue weighted by molar-refractivity contribution is -0.138. The highest BCUT2D eigenvalue weighted by Crippen LogP contribution is 2.33. The summed E-state index contributed by atoms with van der Waals surface area (Å²) in [5.41, 5.74) is 1.50. The smallest absolute Gasteiger partial charge is 0.327 e. The number of fused-ring (bicyclic) bond motifs is 1. The van der Waals surface area contributed by atoms with Crippen LogP contribution in [0.2, 0.25) is 0 Å². The van der Waals surface area contributed by atoms with Crippen molar-refractivity contribution in [3.63, 3.8) is 0 Å². The molecule has 1 atom stereocenters. The number of hydrogen-bond donors (Lipinski definition) is 1. The minimum Gasteiger partial charge on any atom is -0.480 e. The Bertz CT molecular complexity index is 594. The average molecular weight is 287 g/mol. The van der Waals surface area contributed by atoms with Crippen LogP contribution in [0.4, 0.5) is 10.5 Å². The number of nitrogens with zero attached hydrogens (tertiary/aromatic N) is 3. The van der Waals surface area contributed by atoms with Crippen molar-refractivity contribution < 1.29 is 14.7 Å². The molecule has 1 aromatic rings. The van der Waals surface area contributed by atoms with Gasteiger partial charge in [-0.1, -0.05) is 18.2 Å². The molecule has 0 saturated carbocycles. The van der Waals surface area contributed by atoms with Crippen LogP contribution in [0.5, 0.6) is 0 Å². The second-order valence-electron chi connectivity index (χ2n) is 4.83. The number of amides is 2. The van der Waals surface area contributed by atoms with Gasteiger partial charge in [-0.05, 0) is 18.6 Å². The van der Waals surface area contributed by atoms with Crippen LogP contribution in [-0.4, -0.2) is 41.1 Å². The molecule has 1 heterocycles. The molecule has 0 saturated heterocycles. The zero-order valence-electron chi connectivity index (χ0n) is 11.8. The maximum Gasteiger partial charge on any atom is 0.327 e. The number of anilines is 1. The third-order valence-corrected chi connectivity index (χ3v) is 3.61. The highest BCUT2D eigenvalue weighted by atomic mass is 16.4. The Balaban J connectivity index is 2.32.